The summed E-state index contributed by atoms with van der Waals surface area (Å²) in [6.07, 6.45) is 0.938. The lowest BCUT2D eigenvalue weighted by Gasteiger charge is -2.28. The van der Waals surface area contributed by atoms with E-state index in [9.17, 15) is 14.0 Å². The average molecular weight is 236 g/mol. The van der Waals surface area contributed by atoms with Gasteiger partial charge < -0.3 is 5.11 Å². The van der Waals surface area contributed by atoms with Gasteiger partial charge in [-0.3, -0.25) is 9.59 Å². The third-order valence-corrected chi connectivity index (χ3v) is 3.28. The molecular weight excluding hydrogens is 223 g/mol. The molecule has 0 unspecified atom stereocenters. The standard InChI is InChI=1S/C13H13FO3/c14-9-3-1-8(2-4-9)12-7-10(15)5-6-11(12)13(16)17/h1-4,11-12H,5-7H2,(H,16,17)/t11-,12+/m1/s1. The van der Waals surface area contributed by atoms with E-state index < -0.39 is 11.9 Å². The average Bonchev–Trinajstić information content (AvgIpc) is 2.29. The lowest BCUT2D eigenvalue weighted by atomic mass is 9.75. The molecule has 1 aliphatic carbocycles. The highest BCUT2D eigenvalue weighted by Gasteiger charge is 2.35. The predicted octanol–water partition coefficient (Wildman–Crippen LogP) is 2.36. The summed E-state index contributed by atoms with van der Waals surface area (Å²) in [7, 11) is 0. The minimum Gasteiger partial charge on any atom is -0.481 e. The number of ketones is 1. The summed E-state index contributed by atoms with van der Waals surface area (Å²) in [5, 5.41) is 9.13. The van der Waals surface area contributed by atoms with E-state index >= 15 is 0 Å². The van der Waals surface area contributed by atoms with E-state index in [0.29, 0.717) is 12.8 Å². The van der Waals surface area contributed by atoms with Gasteiger partial charge in [0.2, 0.25) is 0 Å². The van der Waals surface area contributed by atoms with Crippen LogP contribution in [0.25, 0.3) is 0 Å². The molecule has 90 valence electrons. The topological polar surface area (TPSA) is 54.4 Å². The molecule has 1 aromatic carbocycles. The SMILES string of the molecule is O=C1CC[C@@H](C(=O)O)[C@H](c2ccc(F)cc2)C1. The minimum atomic E-state index is -0.883. The van der Waals surface area contributed by atoms with Crippen molar-refractivity contribution in [2.24, 2.45) is 5.92 Å². The van der Waals surface area contributed by atoms with Gasteiger partial charge in [-0.05, 0) is 24.1 Å². The Morgan fingerprint density at radius 3 is 2.53 bits per heavy atom. The highest BCUT2D eigenvalue weighted by Crippen LogP contribution is 2.36. The van der Waals surface area contributed by atoms with Crippen LogP contribution in [0.4, 0.5) is 4.39 Å². The summed E-state index contributed by atoms with van der Waals surface area (Å²) < 4.78 is 12.8. The first kappa shape index (κ1) is 11.8. The van der Waals surface area contributed by atoms with Crippen molar-refractivity contribution in [2.45, 2.75) is 25.2 Å². The number of carboxylic acid groups (broad SMARTS) is 1. The summed E-state index contributed by atoms with van der Waals surface area (Å²) in [6.45, 7) is 0. The van der Waals surface area contributed by atoms with Gasteiger partial charge in [-0.1, -0.05) is 12.1 Å². The summed E-state index contributed by atoms with van der Waals surface area (Å²) in [4.78, 5) is 22.5. The van der Waals surface area contributed by atoms with Gasteiger partial charge in [-0.25, -0.2) is 4.39 Å². The van der Waals surface area contributed by atoms with Crippen molar-refractivity contribution in [3.8, 4) is 0 Å². The van der Waals surface area contributed by atoms with Crippen LogP contribution in [0.2, 0.25) is 0 Å². The highest BCUT2D eigenvalue weighted by atomic mass is 19.1. The second-order valence-electron chi connectivity index (χ2n) is 4.38. The van der Waals surface area contributed by atoms with Crippen LogP contribution in [0.3, 0.4) is 0 Å². The van der Waals surface area contributed by atoms with Crippen molar-refractivity contribution >= 4 is 11.8 Å². The van der Waals surface area contributed by atoms with Gasteiger partial charge in [-0.2, -0.15) is 0 Å². The number of benzene rings is 1. The van der Waals surface area contributed by atoms with Crippen LogP contribution in [-0.2, 0) is 9.59 Å². The number of aliphatic carboxylic acids is 1. The Hall–Kier alpha value is -1.71. The van der Waals surface area contributed by atoms with Crippen molar-refractivity contribution in [3.63, 3.8) is 0 Å². The molecule has 0 heterocycles. The van der Waals surface area contributed by atoms with Crippen LogP contribution < -0.4 is 0 Å². The van der Waals surface area contributed by atoms with Crippen molar-refractivity contribution < 1.29 is 19.1 Å². The third kappa shape index (κ3) is 2.52. The van der Waals surface area contributed by atoms with Gasteiger partial charge in [-0.15, -0.1) is 0 Å². The maximum Gasteiger partial charge on any atom is 0.307 e. The number of Topliss-reactive ketones (excluding diaryl/α,β-unsaturated/α-hetero) is 1. The number of hydrogen-bond donors (Lipinski definition) is 1. The van der Waals surface area contributed by atoms with Crippen LogP contribution in [-0.4, -0.2) is 16.9 Å². The lowest BCUT2D eigenvalue weighted by Crippen LogP contribution is -2.29. The molecule has 17 heavy (non-hydrogen) atoms. The summed E-state index contributed by atoms with van der Waals surface area (Å²) >= 11 is 0. The molecule has 0 amide bonds. The fraction of sp³-hybridized carbons (Fsp3) is 0.385. The monoisotopic (exact) mass is 236 g/mol. The van der Waals surface area contributed by atoms with Crippen molar-refractivity contribution in [2.75, 3.05) is 0 Å². The molecule has 0 aliphatic heterocycles. The van der Waals surface area contributed by atoms with Crippen LogP contribution in [0, 0.1) is 11.7 Å². The first-order valence-corrected chi connectivity index (χ1v) is 5.58. The normalized spacial score (nSPS) is 24.6. The molecule has 1 fully saturated rings. The summed E-state index contributed by atoms with van der Waals surface area (Å²) in [6, 6.07) is 5.73. The summed E-state index contributed by atoms with van der Waals surface area (Å²) in [5.41, 5.74) is 0.729. The van der Waals surface area contributed by atoms with Gasteiger partial charge in [0.05, 0.1) is 5.92 Å². The smallest absolute Gasteiger partial charge is 0.307 e. The Morgan fingerprint density at radius 2 is 1.94 bits per heavy atom. The zero-order valence-electron chi connectivity index (χ0n) is 9.23. The predicted molar refractivity (Wildman–Crippen MR) is 59.1 cm³/mol. The molecule has 3 nitrogen and oxygen atoms in total. The Balaban J connectivity index is 2.28. The maximum atomic E-state index is 12.8. The molecule has 1 saturated carbocycles. The zero-order valence-corrected chi connectivity index (χ0v) is 9.23. The largest absolute Gasteiger partial charge is 0.481 e. The van der Waals surface area contributed by atoms with Gasteiger partial charge in [0, 0.05) is 18.8 Å². The molecule has 0 bridgehead atoms. The van der Waals surface area contributed by atoms with Crippen molar-refractivity contribution in [1.82, 2.24) is 0 Å². The quantitative estimate of drug-likeness (QED) is 0.857. The third-order valence-electron chi connectivity index (χ3n) is 3.28. The van der Waals surface area contributed by atoms with E-state index in [1.165, 1.54) is 12.1 Å². The Labute approximate surface area is 98.3 Å². The molecular formula is C13H13FO3. The van der Waals surface area contributed by atoms with Crippen LogP contribution in [0.5, 0.6) is 0 Å². The molecule has 1 aliphatic rings. The van der Waals surface area contributed by atoms with Gasteiger partial charge in [0.1, 0.15) is 11.6 Å². The minimum absolute atomic E-state index is 0.0804. The molecule has 0 aromatic heterocycles. The number of carboxylic acids is 1. The van der Waals surface area contributed by atoms with Crippen LogP contribution in [0.1, 0.15) is 30.7 Å². The van der Waals surface area contributed by atoms with Crippen molar-refractivity contribution in [1.29, 1.82) is 0 Å². The summed E-state index contributed by atoms with van der Waals surface area (Å²) in [5.74, 6) is -2.03. The maximum absolute atomic E-state index is 12.8. The van der Waals surface area contributed by atoms with Gasteiger partial charge in [0.25, 0.3) is 0 Å². The van der Waals surface area contributed by atoms with E-state index in [1.54, 1.807) is 12.1 Å². The first-order valence-electron chi connectivity index (χ1n) is 5.58. The number of rotatable bonds is 2. The fourth-order valence-corrected chi connectivity index (χ4v) is 2.36. The zero-order chi connectivity index (χ0) is 12.4. The molecule has 0 saturated heterocycles. The first-order chi connectivity index (χ1) is 8.08. The number of halogens is 1. The number of carbonyl (C=O) groups is 2. The van der Waals surface area contributed by atoms with E-state index in [2.05, 4.69) is 0 Å². The lowest BCUT2D eigenvalue weighted by molar-refractivity contribution is -0.144. The Kier molecular flexibility index (Phi) is 3.22. The second kappa shape index (κ2) is 4.65. The molecule has 0 spiro atoms. The van der Waals surface area contributed by atoms with Crippen LogP contribution in [0.15, 0.2) is 24.3 Å². The highest BCUT2D eigenvalue weighted by molar-refractivity contribution is 5.83. The molecule has 1 aromatic rings. The Morgan fingerprint density at radius 1 is 1.29 bits per heavy atom. The van der Waals surface area contributed by atoms with E-state index in [-0.39, 0.29) is 23.9 Å². The van der Waals surface area contributed by atoms with Crippen LogP contribution >= 0.6 is 0 Å². The van der Waals surface area contributed by atoms with E-state index in [4.69, 9.17) is 5.11 Å². The molecule has 0 radical (unpaired) electrons. The fourth-order valence-electron chi connectivity index (χ4n) is 2.36. The molecule has 1 N–H and O–H groups in total. The van der Waals surface area contributed by atoms with Gasteiger partial charge >= 0.3 is 5.97 Å². The van der Waals surface area contributed by atoms with E-state index in [0.717, 1.165) is 5.56 Å². The Bertz CT molecular complexity index is 438. The molecule has 4 heteroatoms. The molecule has 2 atom stereocenters. The number of hydrogen-bond acceptors (Lipinski definition) is 2. The van der Waals surface area contributed by atoms with E-state index in [1.807, 2.05) is 0 Å². The van der Waals surface area contributed by atoms with Gasteiger partial charge in [0.15, 0.2) is 0 Å². The molecule has 2 rings (SSSR count). The number of carbonyl (C=O) groups excluding carboxylic acids is 1. The second-order valence-corrected chi connectivity index (χ2v) is 4.38. The van der Waals surface area contributed by atoms with Crippen molar-refractivity contribution in [3.05, 3.63) is 35.6 Å².